The van der Waals surface area contributed by atoms with Crippen molar-refractivity contribution in [2.45, 2.75) is 58.9 Å². The van der Waals surface area contributed by atoms with Gasteiger partial charge in [-0.2, -0.15) is 0 Å². The molecule has 1 fully saturated rings. The summed E-state index contributed by atoms with van der Waals surface area (Å²) in [4.78, 5) is 31.9. The van der Waals surface area contributed by atoms with Crippen LogP contribution in [0.1, 0.15) is 72.3 Å². The lowest BCUT2D eigenvalue weighted by Gasteiger charge is -2.41. The van der Waals surface area contributed by atoms with E-state index in [9.17, 15) is 9.59 Å². The summed E-state index contributed by atoms with van der Waals surface area (Å²) in [5.41, 5.74) is 6.67. The Bertz CT molecular complexity index is 1280. The first-order valence-electron chi connectivity index (χ1n) is 13.5. The van der Waals surface area contributed by atoms with Gasteiger partial charge in [-0.1, -0.05) is 63.2 Å². The summed E-state index contributed by atoms with van der Waals surface area (Å²) in [5, 5.41) is 3.19. The van der Waals surface area contributed by atoms with E-state index in [1.807, 2.05) is 63.2 Å². The predicted molar refractivity (Wildman–Crippen MR) is 157 cm³/mol. The molecule has 0 radical (unpaired) electrons. The summed E-state index contributed by atoms with van der Waals surface area (Å²) in [6.45, 7) is 11.1. The van der Waals surface area contributed by atoms with Crippen molar-refractivity contribution in [2.24, 2.45) is 5.92 Å². The number of rotatable bonds is 5. The molecular formula is C33H41N3O2. The van der Waals surface area contributed by atoms with Gasteiger partial charge in [-0.15, -0.1) is 0 Å². The van der Waals surface area contributed by atoms with E-state index in [1.54, 1.807) is 0 Å². The van der Waals surface area contributed by atoms with Crippen molar-refractivity contribution in [3.05, 3.63) is 94.5 Å². The summed E-state index contributed by atoms with van der Waals surface area (Å²) < 4.78 is 0. The van der Waals surface area contributed by atoms with Crippen LogP contribution >= 0.6 is 0 Å². The monoisotopic (exact) mass is 511 g/mol. The third-order valence-corrected chi connectivity index (χ3v) is 7.67. The number of carbonyl (C=O) groups is 2. The van der Waals surface area contributed by atoms with Gasteiger partial charge in [-0.3, -0.25) is 9.59 Å². The number of nitrogens with zero attached hydrogens (tertiary/aromatic N) is 2. The normalized spacial score (nSPS) is 17.7. The Hall–Kier alpha value is -3.60. The molecule has 0 bridgehead atoms. The second kappa shape index (κ2) is 11.0. The van der Waals surface area contributed by atoms with Crippen molar-refractivity contribution in [3.63, 3.8) is 0 Å². The zero-order valence-electron chi connectivity index (χ0n) is 23.8. The summed E-state index contributed by atoms with van der Waals surface area (Å²) in [6, 6.07) is 21.9. The van der Waals surface area contributed by atoms with Gasteiger partial charge in [0.25, 0.3) is 5.91 Å². The third-order valence-electron chi connectivity index (χ3n) is 7.67. The van der Waals surface area contributed by atoms with Crippen LogP contribution in [-0.4, -0.2) is 37.4 Å². The van der Waals surface area contributed by atoms with E-state index in [-0.39, 0.29) is 29.2 Å². The first kappa shape index (κ1) is 27.4. The number of carbonyl (C=O) groups excluding carboxylic acids is 2. The average molecular weight is 512 g/mol. The van der Waals surface area contributed by atoms with Gasteiger partial charge in [0.15, 0.2) is 0 Å². The largest absolute Gasteiger partial charge is 0.378 e. The molecule has 0 spiro atoms. The second-order valence-electron chi connectivity index (χ2n) is 11.8. The summed E-state index contributed by atoms with van der Waals surface area (Å²) in [7, 11) is 4.02. The maximum atomic E-state index is 14.1. The van der Waals surface area contributed by atoms with Crippen LogP contribution in [0.2, 0.25) is 0 Å². The molecule has 1 aliphatic rings. The van der Waals surface area contributed by atoms with Crippen molar-refractivity contribution >= 4 is 23.2 Å². The van der Waals surface area contributed by atoms with E-state index >= 15 is 0 Å². The molecule has 1 saturated heterocycles. The van der Waals surface area contributed by atoms with Crippen molar-refractivity contribution in [2.75, 3.05) is 30.9 Å². The molecule has 0 saturated carbocycles. The highest BCUT2D eigenvalue weighted by atomic mass is 16.2. The number of hydrogen-bond acceptors (Lipinski definition) is 3. The highest BCUT2D eigenvalue weighted by molar-refractivity contribution is 5.99. The minimum Gasteiger partial charge on any atom is -0.378 e. The Labute approximate surface area is 227 Å². The minimum atomic E-state index is -0.361. The Kier molecular flexibility index (Phi) is 7.96. The van der Waals surface area contributed by atoms with E-state index in [0.717, 1.165) is 46.5 Å². The van der Waals surface area contributed by atoms with E-state index in [4.69, 9.17) is 0 Å². The minimum absolute atomic E-state index is 0.00508. The topological polar surface area (TPSA) is 52.7 Å². The quantitative estimate of drug-likeness (QED) is 0.405. The second-order valence-corrected chi connectivity index (χ2v) is 11.8. The maximum Gasteiger partial charge on any atom is 0.254 e. The first-order valence-corrected chi connectivity index (χ1v) is 13.5. The van der Waals surface area contributed by atoms with Crippen LogP contribution in [0.4, 0.5) is 11.4 Å². The molecule has 5 heteroatoms. The van der Waals surface area contributed by atoms with Gasteiger partial charge < -0.3 is 15.1 Å². The third kappa shape index (κ3) is 5.77. The van der Waals surface area contributed by atoms with Gasteiger partial charge in [-0.25, -0.2) is 0 Å². The number of anilines is 2. The zero-order chi connectivity index (χ0) is 27.6. The molecule has 2 unspecified atom stereocenters. The van der Waals surface area contributed by atoms with Gasteiger partial charge in [0.05, 0.1) is 12.0 Å². The first-order chi connectivity index (χ1) is 18.0. The van der Waals surface area contributed by atoms with Crippen LogP contribution in [0.15, 0.2) is 66.7 Å². The highest BCUT2D eigenvalue weighted by Crippen LogP contribution is 2.39. The van der Waals surface area contributed by atoms with Crippen molar-refractivity contribution in [3.8, 4) is 0 Å². The molecule has 2 atom stereocenters. The molecule has 3 aromatic rings. The molecule has 1 N–H and O–H groups in total. The van der Waals surface area contributed by atoms with Crippen molar-refractivity contribution in [1.29, 1.82) is 0 Å². The summed E-state index contributed by atoms with van der Waals surface area (Å²) in [5.74, 6) is -0.410. The molecule has 0 aromatic heterocycles. The maximum absolute atomic E-state index is 14.1. The molecule has 2 amide bonds. The lowest BCUT2D eigenvalue weighted by Crippen LogP contribution is -2.46. The zero-order valence-corrected chi connectivity index (χ0v) is 23.8. The van der Waals surface area contributed by atoms with E-state index < -0.39 is 0 Å². The van der Waals surface area contributed by atoms with Crippen LogP contribution in [-0.2, 0) is 10.2 Å². The molecule has 1 heterocycles. The molecule has 3 aromatic carbocycles. The Morgan fingerprint density at radius 2 is 1.55 bits per heavy atom. The van der Waals surface area contributed by atoms with Crippen molar-refractivity contribution in [1.82, 2.24) is 4.90 Å². The molecule has 1 aliphatic heterocycles. The average Bonchev–Trinajstić information content (AvgIpc) is 2.87. The molecule has 38 heavy (non-hydrogen) atoms. The predicted octanol–water partition coefficient (Wildman–Crippen LogP) is 6.90. The van der Waals surface area contributed by atoms with Gasteiger partial charge in [-0.05, 0) is 78.6 Å². The number of aryl methyl sites for hydroxylation is 2. The smallest absolute Gasteiger partial charge is 0.254 e. The number of piperidine rings is 1. The van der Waals surface area contributed by atoms with Crippen LogP contribution in [0.25, 0.3) is 0 Å². The lowest BCUT2D eigenvalue weighted by atomic mass is 9.82. The molecular weight excluding hydrogens is 470 g/mol. The SMILES string of the molecule is Cc1cccc(C)c1C(=O)N1CCCC(C(=O)Nc2cccc(C(C)(C)C)c2)C1c1ccc(N(C)C)cc1. The van der Waals surface area contributed by atoms with Crippen LogP contribution in [0.5, 0.6) is 0 Å². The highest BCUT2D eigenvalue weighted by Gasteiger charge is 2.40. The summed E-state index contributed by atoms with van der Waals surface area (Å²) in [6.07, 6.45) is 1.50. The Morgan fingerprint density at radius 3 is 2.16 bits per heavy atom. The number of benzene rings is 3. The molecule has 4 rings (SSSR count). The Morgan fingerprint density at radius 1 is 0.921 bits per heavy atom. The number of hydrogen-bond donors (Lipinski definition) is 1. The fraction of sp³-hybridized carbons (Fsp3) is 0.394. The van der Waals surface area contributed by atoms with Gasteiger partial charge in [0.2, 0.25) is 5.91 Å². The molecule has 5 nitrogen and oxygen atoms in total. The van der Waals surface area contributed by atoms with Crippen LogP contribution < -0.4 is 10.2 Å². The molecule has 0 aliphatic carbocycles. The van der Waals surface area contributed by atoms with Gasteiger partial charge in [0.1, 0.15) is 0 Å². The fourth-order valence-corrected chi connectivity index (χ4v) is 5.47. The fourth-order valence-electron chi connectivity index (χ4n) is 5.47. The van der Waals surface area contributed by atoms with Gasteiger partial charge >= 0.3 is 0 Å². The summed E-state index contributed by atoms with van der Waals surface area (Å²) >= 11 is 0. The standard InChI is InChI=1S/C33H41N3O2/c1-22-11-8-12-23(2)29(22)32(38)36-20-10-15-28(30(36)24-16-18-27(19-17-24)35(6)7)31(37)34-26-14-9-13-25(21-26)33(3,4)5/h8-9,11-14,16-19,21,28,30H,10,15,20H2,1-7H3,(H,34,37). The van der Waals surface area contributed by atoms with E-state index in [0.29, 0.717) is 6.54 Å². The Balaban J connectivity index is 1.72. The number of nitrogens with one attached hydrogen (secondary N) is 1. The van der Waals surface area contributed by atoms with E-state index in [1.165, 1.54) is 5.56 Å². The van der Waals surface area contributed by atoms with Gasteiger partial charge in [0, 0.05) is 37.6 Å². The number of amides is 2. The van der Waals surface area contributed by atoms with Crippen LogP contribution in [0.3, 0.4) is 0 Å². The van der Waals surface area contributed by atoms with Crippen LogP contribution in [0, 0.1) is 19.8 Å². The number of likely N-dealkylation sites (tertiary alicyclic amines) is 1. The lowest BCUT2D eigenvalue weighted by molar-refractivity contribution is -0.123. The van der Waals surface area contributed by atoms with E-state index in [2.05, 4.69) is 67.4 Å². The molecule has 200 valence electrons. The van der Waals surface area contributed by atoms with Crippen molar-refractivity contribution < 1.29 is 9.59 Å².